The molecule has 0 aliphatic carbocycles. The van der Waals surface area contributed by atoms with Gasteiger partial charge in [-0.3, -0.25) is 4.79 Å². The lowest BCUT2D eigenvalue weighted by Crippen LogP contribution is -2.46. The van der Waals surface area contributed by atoms with Crippen LogP contribution in [0.2, 0.25) is 0 Å². The molecule has 0 saturated heterocycles. The predicted octanol–water partition coefficient (Wildman–Crippen LogP) is -1.36. The monoisotopic (exact) mass is 147 g/mol. The Morgan fingerprint density at radius 1 is 1.50 bits per heavy atom. The lowest BCUT2D eigenvalue weighted by atomic mass is 10.0. The van der Waals surface area contributed by atoms with Crippen molar-refractivity contribution in [3.63, 3.8) is 0 Å². The Hall–Kier alpha value is -0.450. The predicted molar refractivity (Wildman–Crippen MR) is 36.3 cm³/mol. The second-order valence-corrected chi connectivity index (χ2v) is 2.37. The van der Waals surface area contributed by atoms with Gasteiger partial charge in [-0.1, -0.05) is 0 Å². The third-order valence-corrected chi connectivity index (χ3v) is 1.34. The molecule has 0 aromatic carbocycles. The van der Waals surface area contributed by atoms with E-state index in [1.165, 1.54) is 13.8 Å². The van der Waals surface area contributed by atoms with Crippen LogP contribution in [0.15, 0.2) is 0 Å². The van der Waals surface area contributed by atoms with Crippen molar-refractivity contribution >= 4 is 5.78 Å². The molecule has 0 radical (unpaired) electrons. The highest BCUT2D eigenvalue weighted by atomic mass is 16.3. The number of carbonyl (C=O) groups is 1. The maximum absolute atomic E-state index is 10.4. The van der Waals surface area contributed by atoms with Crippen molar-refractivity contribution in [2.24, 2.45) is 5.73 Å². The Kier molecular flexibility index (Phi) is 3.49. The van der Waals surface area contributed by atoms with E-state index in [0.717, 1.165) is 0 Å². The quantitative estimate of drug-likeness (QED) is 0.460. The smallest absolute Gasteiger partial charge is 0.159 e. The first-order valence-corrected chi connectivity index (χ1v) is 3.09. The molecule has 3 unspecified atom stereocenters. The largest absolute Gasteiger partial charge is 0.392 e. The summed E-state index contributed by atoms with van der Waals surface area (Å²) < 4.78 is 0. The first-order valence-electron chi connectivity index (χ1n) is 3.09. The van der Waals surface area contributed by atoms with Crippen LogP contribution in [0.25, 0.3) is 0 Å². The summed E-state index contributed by atoms with van der Waals surface area (Å²) in [5.41, 5.74) is 5.24. The van der Waals surface area contributed by atoms with Crippen molar-refractivity contribution in [3.05, 3.63) is 0 Å². The molecule has 0 spiro atoms. The number of nitrogens with two attached hydrogens (primary N) is 1. The Bertz CT molecular complexity index is 124. The highest BCUT2D eigenvalue weighted by Crippen LogP contribution is 1.96. The standard InChI is InChI=1S/C6H13NO3/c1-3(8)5(7)6(10)4(2)9/h3,5-6,8,10H,7H2,1-2H3. The van der Waals surface area contributed by atoms with Gasteiger partial charge in [0, 0.05) is 0 Å². The summed E-state index contributed by atoms with van der Waals surface area (Å²) >= 11 is 0. The zero-order chi connectivity index (χ0) is 8.31. The lowest BCUT2D eigenvalue weighted by molar-refractivity contribution is -0.127. The van der Waals surface area contributed by atoms with E-state index in [9.17, 15) is 4.79 Å². The van der Waals surface area contributed by atoms with E-state index >= 15 is 0 Å². The molecule has 0 aliphatic rings. The second kappa shape index (κ2) is 3.65. The fourth-order valence-electron chi connectivity index (χ4n) is 0.535. The number of Topliss-reactive ketones (excluding diaryl/α,β-unsaturated/α-hetero) is 1. The topological polar surface area (TPSA) is 83.5 Å². The van der Waals surface area contributed by atoms with Crippen LogP contribution in [0.1, 0.15) is 13.8 Å². The molecule has 60 valence electrons. The number of aliphatic hydroxyl groups is 2. The van der Waals surface area contributed by atoms with Gasteiger partial charge in [-0.2, -0.15) is 0 Å². The maximum atomic E-state index is 10.4. The molecular weight excluding hydrogens is 134 g/mol. The molecule has 3 atom stereocenters. The van der Waals surface area contributed by atoms with Crippen LogP contribution in [-0.2, 0) is 4.79 Å². The molecular formula is C6H13NO3. The van der Waals surface area contributed by atoms with Crippen LogP contribution in [0.5, 0.6) is 0 Å². The van der Waals surface area contributed by atoms with Gasteiger partial charge >= 0.3 is 0 Å². The highest BCUT2D eigenvalue weighted by Gasteiger charge is 2.22. The van der Waals surface area contributed by atoms with E-state index in [0.29, 0.717) is 0 Å². The van der Waals surface area contributed by atoms with Gasteiger partial charge in [-0.25, -0.2) is 0 Å². The molecule has 0 saturated carbocycles. The van der Waals surface area contributed by atoms with Crippen LogP contribution in [0, 0.1) is 0 Å². The second-order valence-electron chi connectivity index (χ2n) is 2.37. The average molecular weight is 147 g/mol. The van der Waals surface area contributed by atoms with Crippen molar-refractivity contribution < 1.29 is 15.0 Å². The van der Waals surface area contributed by atoms with Crippen molar-refractivity contribution in [2.45, 2.75) is 32.1 Å². The van der Waals surface area contributed by atoms with Crippen LogP contribution in [0.4, 0.5) is 0 Å². The summed E-state index contributed by atoms with van der Waals surface area (Å²) in [6.07, 6.45) is -2.11. The van der Waals surface area contributed by atoms with Crippen molar-refractivity contribution in [2.75, 3.05) is 0 Å². The number of rotatable bonds is 3. The molecule has 0 aromatic heterocycles. The fraction of sp³-hybridized carbons (Fsp3) is 0.833. The Labute approximate surface area is 59.7 Å². The Morgan fingerprint density at radius 3 is 2.00 bits per heavy atom. The number of aliphatic hydroxyl groups excluding tert-OH is 2. The number of hydrogen-bond donors (Lipinski definition) is 3. The third kappa shape index (κ3) is 2.43. The van der Waals surface area contributed by atoms with E-state index in [2.05, 4.69) is 0 Å². The summed E-state index contributed by atoms with van der Waals surface area (Å²) in [6.45, 7) is 2.66. The summed E-state index contributed by atoms with van der Waals surface area (Å²) in [5, 5.41) is 17.7. The van der Waals surface area contributed by atoms with Crippen molar-refractivity contribution in [1.29, 1.82) is 0 Å². The third-order valence-electron chi connectivity index (χ3n) is 1.34. The molecule has 0 fully saturated rings. The summed E-state index contributed by atoms with van der Waals surface area (Å²) in [5.74, 6) is -0.423. The van der Waals surface area contributed by atoms with Gasteiger partial charge in [0.15, 0.2) is 5.78 Å². The molecule has 0 rings (SSSR count). The first kappa shape index (κ1) is 9.55. The lowest BCUT2D eigenvalue weighted by Gasteiger charge is -2.18. The molecule has 10 heavy (non-hydrogen) atoms. The Morgan fingerprint density at radius 2 is 1.90 bits per heavy atom. The summed E-state index contributed by atoms with van der Waals surface area (Å²) in [4.78, 5) is 10.4. The van der Waals surface area contributed by atoms with E-state index < -0.39 is 24.0 Å². The fourth-order valence-corrected chi connectivity index (χ4v) is 0.535. The minimum absolute atomic E-state index is 0.423. The van der Waals surface area contributed by atoms with Gasteiger partial charge in [-0.15, -0.1) is 0 Å². The summed E-state index contributed by atoms with van der Waals surface area (Å²) in [6, 6.07) is -0.877. The molecule has 4 heteroatoms. The van der Waals surface area contributed by atoms with Crippen LogP contribution in [0.3, 0.4) is 0 Å². The van der Waals surface area contributed by atoms with Gasteiger partial charge in [0.2, 0.25) is 0 Å². The van der Waals surface area contributed by atoms with Gasteiger partial charge in [-0.05, 0) is 13.8 Å². The van der Waals surface area contributed by atoms with Crippen LogP contribution < -0.4 is 5.73 Å². The van der Waals surface area contributed by atoms with E-state index in [1.807, 2.05) is 0 Å². The van der Waals surface area contributed by atoms with Crippen molar-refractivity contribution in [1.82, 2.24) is 0 Å². The average Bonchev–Trinajstić information content (AvgIpc) is 1.84. The molecule has 0 amide bonds. The van der Waals surface area contributed by atoms with Gasteiger partial charge < -0.3 is 15.9 Å². The molecule has 4 N–H and O–H groups in total. The van der Waals surface area contributed by atoms with E-state index in [1.54, 1.807) is 0 Å². The molecule has 0 aliphatic heterocycles. The van der Waals surface area contributed by atoms with Gasteiger partial charge in [0.25, 0.3) is 0 Å². The van der Waals surface area contributed by atoms with E-state index in [-0.39, 0.29) is 0 Å². The molecule has 4 nitrogen and oxygen atoms in total. The zero-order valence-corrected chi connectivity index (χ0v) is 6.11. The van der Waals surface area contributed by atoms with Crippen LogP contribution in [-0.4, -0.2) is 34.2 Å². The van der Waals surface area contributed by atoms with Crippen LogP contribution >= 0.6 is 0 Å². The Balaban J connectivity index is 3.94. The number of hydrogen-bond acceptors (Lipinski definition) is 4. The molecule has 0 bridgehead atoms. The molecule has 0 aromatic rings. The van der Waals surface area contributed by atoms with E-state index in [4.69, 9.17) is 15.9 Å². The van der Waals surface area contributed by atoms with Gasteiger partial charge in [0.05, 0.1) is 12.1 Å². The maximum Gasteiger partial charge on any atom is 0.159 e. The van der Waals surface area contributed by atoms with Gasteiger partial charge in [0.1, 0.15) is 6.10 Å². The number of carbonyl (C=O) groups excluding carboxylic acids is 1. The minimum atomic E-state index is -1.25. The van der Waals surface area contributed by atoms with Crippen molar-refractivity contribution in [3.8, 4) is 0 Å². The normalized spacial score (nSPS) is 19.7. The highest BCUT2D eigenvalue weighted by molar-refractivity contribution is 5.80. The minimum Gasteiger partial charge on any atom is -0.392 e. The number of ketones is 1. The summed E-state index contributed by atoms with van der Waals surface area (Å²) in [7, 11) is 0. The SMILES string of the molecule is CC(=O)C(O)C(N)C(C)O. The zero-order valence-electron chi connectivity index (χ0n) is 6.11. The first-order chi connectivity index (χ1) is 4.46. The molecule has 0 heterocycles.